The van der Waals surface area contributed by atoms with Crippen molar-refractivity contribution in [3.05, 3.63) is 60.3 Å². The molecule has 26 heavy (non-hydrogen) atoms. The Morgan fingerprint density at radius 3 is 2.96 bits per heavy atom. The van der Waals surface area contributed by atoms with E-state index in [9.17, 15) is 4.79 Å². The van der Waals surface area contributed by atoms with Crippen molar-refractivity contribution in [3.63, 3.8) is 0 Å². The van der Waals surface area contributed by atoms with Crippen molar-refractivity contribution >= 4 is 11.6 Å². The number of hydrogen-bond acceptors (Lipinski definition) is 5. The van der Waals surface area contributed by atoms with Crippen LogP contribution in [-0.4, -0.2) is 34.9 Å². The van der Waals surface area contributed by atoms with Crippen LogP contribution in [0.1, 0.15) is 28.9 Å². The minimum Gasteiger partial charge on any atom is -0.461 e. The molecule has 132 valence electrons. The molecule has 0 radical (unpaired) electrons. The summed E-state index contributed by atoms with van der Waals surface area (Å²) >= 11 is 0. The monoisotopic (exact) mass is 349 g/mol. The fourth-order valence-electron chi connectivity index (χ4n) is 4.05. The van der Waals surface area contributed by atoms with Crippen molar-refractivity contribution in [2.24, 2.45) is 0 Å². The van der Waals surface area contributed by atoms with E-state index in [1.54, 1.807) is 18.4 Å². The SMILES string of the molecule is O=C(c1ncoc1-c1ccco1)N1C[C@H]2CCCN2Cc2ccccc21. The summed E-state index contributed by atoms with van der Waals surface area (Å²) in [7, 11) is 0. The van der Waals surface area contributed by atoms with Gasteiger partial charge in [0.2, 0.25) is 5.76 Å². The summed E-state index contributed by atoms with van der Waals surface area (Å²) < 4.78 is 10.9. The second-order valence-corrected chi connectivity index (χ2v) is 6.82. The molecule has 0 bridgehead atoms. The fraction of sp³-hybridized carbons (Fsp3) is 0.300. The summed E-state index contributed by atoms with van der Waals surface area (Å²) in [6.07, 6.45) is 5.15. The number of oxazole rings is 1. The highest BCUT2D eigenvalue weighted by molar-refractivity contribution is 6.08. The second kappa shape index (κ2) is 6.14. The van der Waals surface area contributed by atoms with Gasteiger partial charge in [0.1, 0.15) is 0 Å². The Morgan fingerprint density at radius 1 is 1.15 bits per heavy atom. The van der Waals surface area contributed by atoms with Crippen LogP contribution in [0.4, 0.5) is 5.69 Å². The number of anilines is 1. The number of hydrogen-bond donors (Lipinski definition) is 0. The van der Waals surface area contributed by atoms with E-state index in [1.165, 1.54) is 18.4 Å². The number of carbonyl (C=O) groups is 1. The summed E-state index contributed by atoms with van der Waals surface area (Å²) in [5, 5.41) is 0. The van der Waals surface area contributed by atoms with Crippen molar-refractivity contribution in [1.82, 2.24) is 9.88 Å². The Balaban J connectivity index is 1.57. The summed E-state index contributed by atoms with van der Waals surface area (Å²) in [5.41, 5.74) is 2.43. The van der Waals surface area contributed by atoms with Crippen LogP contribution in [0.3, 0.4) is 0 Å². The maximum Gasteiger partial charge on any atom is 0.281 e. The first-order valence-corrected chi connectivity index (χ1v) is 8.92. The Morgan fingerprint density at radius 2 is 2.08 bits per heavy atom. The lowest BCUT2D eigenvalue weighted by Gasteiger charge is -2.26. The van der Waals surface area contributed by atoms with Crippen molar-refractivity contribution in [2.45, 2.75) is 25.4 Å². The minimum absolute atomic E-state index is 0.147. The lowest BCUT2D eigenvalue weighted by Crippen LogP contribution is -2.40. The average Bonchev–Trinajstić information content (AvgIpc) is 3.40. The standard InChI is InChI=1S/C20H19N3O3/c24-20(18-19(26-13-21-18)17-8-4-10-25-17)23-12-15-6-3-9-22(15)11-14-5-1-2-7-16(14)23/h1-2,4-5,7-8,10,13,15H,3,6,9,11-12H2/t15-/m1/s1. The molecule has 0 saturated carbocycles. The van der Waals surface area contributed by atoms with Gasteiger partial charge in [-0.05, 0) is 43.1 Å². The molecule has 2 aliphatic heterocycles. The number of rotatable bonds is 2. The molecule has 0 N–H and O–H groups in total. The number of para-hydroxylation sites is 1. The van der Waals surface area contributed by atoms with E-state index in [0.717, 1.165) is 25.2 Å². The van der Waals surface area contributed by atoms with Crippen molar-refractivity contribution in [1.29, 1.82) is 0 Å². The van der Waals surface area contributed by atoms with Crippen LogP contribution in [0.15, 0.2) is 57.9 Å². The van der Waals surface area contributed by atoms with E-state index in [-0.39, 0.29) is 5.91 Å². The van der Waals surface area contributed by atoms with Crippen LogP contribution in [0.2, 0.25) is 0 Å². The van der Waals surface area contributed by atoms with E-state index in [1.807, 2.05) is 23.1 Å². The molecule has 0 aliphatic carbocycles. The summed E-state index contributed by atoms with van der Waals surface area (Å²) in [5.74, 6) is 0.743. The first-order valence-electron chi connectivity index (χ1n) is 8.92. The molecule has 4 heterocycles. The Hall–Kier alpha value is -2.86. The lowest BCUT2D eigenvalue weighted by atomic mass is 10.1. The van der Waals surface area contributed by atoms with Crippen LogP contribution in [0.5, 0.6) is 0 Å². The molecular formula is C20H19N3O3. The number of fused-ring (bicyclic) bond motifs is 2. The third kappa shape index (κ3) is 2.45. The highest BCUT2D eigenvalue weighted by Crippen LogP contribution is 2.33. The number of benzene rings is 1. The number of nitrogens with zero attached hydrogens (tertiary/aromatic N) is 3. The van der Waals surface area contributed by atoms with Gasteiger partial charge in [-0.15, -0.1) is 0 Å². The highest BCUT2D eigenvalue weighted by atomic mass is 16.4. The van der Waals surface area contributed by atoms with Crippen LogP contribution in [-0.2, 0) is 6.54 Å². The molecule has 0 unspecified atom stereocenters. The molecule has 1 amide bonds. The number of amides is 1. The van der Waals surface area contributed by atoms with E-state index in [4.69, 9.17) is 8.83 Å². The van der Waals surface area contributed by atoms with Crippen LogP contribution in [0.25, 0.3) is 11.5 Å². The molecule has 3 aromatic rings. The minimum atomic E-state index is -0.147. The van der Waals surface area contributed by atoms with Crippen LogP contribution >= 0.6 is 0 Å². The van der Waals surface area contributed by atoms with Gasteiger partial charge in [0.15, 0.2) is 17.8 Å². The summed E-state index contributed by atoms with van der Waals surface area (Å²) in [4.78, 5) is 22.0. The summed E-state index contributed by atoms with van der Waals surface area (Å²) in [6.45, 7) is 2.64. The largest absolute Gasteiger partial charge is 0.461 e. The first kappa shape index (κ1) is 15.4. The third-order valence-corrected chi connectivity index (χ3v) is 5.31. The molecular weight excluding hydrogens is 330 g/mol. The zero-order chi connectivity index (χ0) is 17.5. The first-order chi connectivity index (χ1) is 12.8. The Bertz CT molecular complexity index is 931. The molecule has 0 spiro atoms. The van der Waals surface area contributed by atoms with E-state index in [2.05, 4.69) is 16.0 Å². The quantitative estimate of drug-likeness (QED) is 0.708. The molecule has 2 aliphatic rings. The zero-order valence-corrected chi connectivity index (χ0v) is 14.3. The molecule has 5 rings (SSSR count). The zero-order valence-electron chi connectivity index (χ0n) is 14.3. The van der Waals surface area contributed by atoms with Gasteiger partial charge in [-0.2, -0.15) is 0 Å². The van der Waals surface area contributed by atoms with Gasteiger partial charge in [0.25, 0.3) is 5.91 Å². The van der Waals surface area contributed by atoms with Crippen LogP contribution in [0, 0.1) is 0 Å². The topological polar surface area (TPSA) is 62.7 Å². The highest BCUT2D eigenvalue weighted by Gasteiger charge is 2.35. The molecule has 6 heteroatoms. The molecule has 1 saturated heterocycles. The van der Waals surface area contributed by atoms with E-state index < -0.39 is 0 Å². The summed E-state index contributed by atoms with van der Waals surface area (Å²) in [6, 6.07) is 12.0. The number of carbonyl (C=O) groups excluding carboxylic acids is 1. The number of aromatic nitrogens is 1. The van der Waals surface area contributed by atoms with Gasteiger partial charge < -0.3 is 13.7 Å². The lowest BCUT2D eigenvalue weighted by molar-refractivity contribution is 0.0976. The van der Waals surface area contributed by atoms with Gasteiger partial charge in [-0.25, -0.2) is 4.98 Å². The Labute approximate surface area is 151 Å². The van der Waals surface area contributed by atoms with Gasteiger partial charge in [0.05, 0.1) is 6.26 Å². The normalized spacial score (nSPS) is 19.8. The molecule has 1 atom stereocenters. The fourth-order valence-corrected chi connectivity index (χ4v) is 4.05. The van der Waals surface area contributed by atoms with Crippen molar-refractivity contribution in [2.75, 3.05) is 18.0 Å². The van der Waals surface area contributed by atoms with Gasteiger partial charge >= 0.3 is 0 Å². The smallest absolute Gasteiger partial charge is 0.281 e. The van der Waals surface area contributed by atoms with Crippen molar-refractivity contribution < 1.29 is 13.6 Å². The molecule has 2 aromatic heterocycles. The van der Waals surface area contributed by atoms with E-state index in [0.29, 0.717) is 29.8 Å². The molecule has 6 nitrogen and oxygen atoms in total. The van der Waals surface area contributed by atoms with E-state index >= 15 is 0 Å². The third-order valence-electron chi connectivity index (χ3n) is 5.31. The predicted octanol–water partition coefficient (Wildman–Crippen LogP) is 3.56. The maximum atomic E-state index is 13.4. The molecule has 1 aromatic carbocycles. The molecule has 1 fully saturated rings. The average molecular weight is 349 g/mol. The Kier molecular flexibility index (Phi) is 3.64. The van der Waals surface area contributed by atoms with Gasteiger partial charge in [-0.3, -0.25) is 9.69 Å². The van der Waals surface area contributed by atoms with Gasteiger partial charge in [-0.1, -0.05) is 18.2 Å². The van der Waals surface area contributed by atoms with Crippen molar-refractivity contribution in [3.8, 4) is 11.5 Å². The predicted molar refractivity (Wildman–Crippen MR) is 95.8 cm³/mol. The van der Waals surface area contributed by atoms with Crippen LogP contribution < -0.4 is 4.90 Å². The second-order valence-electron chi connectivity index (χ2n) is 6.82. The maximum absolute atomic E-state index is 13.4. The number of furan rings is 1. The van der Waals surface area contributed by atoms with Gasteiger partial charge in [0, 0.05) is 24.8 Å².